The molecule has 2 amide bonds. The van der Waals surface area contributed by atoms with Crippen LogP contribution in [0.5, 0.6) is 0 Å². The lowest BCUT2D eigenvalue weighted by Gasteiger charge is -2.45. The first kappa shape index (κ1) is 28.4. The van der Waals surface area contributed by atoms with Crippen LogP contribution in [0.2, 0.25) is 10.2 Å². The number of carbonyl (C=O) groups is 2. The molecule has 4 rings (SSSR count). The fourth-order valence-electron chi connectivity index (χ4n) is 5.11. The average molecular weight is 573 g/mol. The second-order valence-electron chi connectivity index (χ2n) is 10.2. The maximum atomic E-state index is 13.9. The third kappa shape index (κ3) is 5.58. The van der Waals surface area contributed by atoms with Gasteiger partial charge >= 0.3 is 6.18 Å². The maximum absolute atomic E-state index is 13.9. The van der Waals surface area contributed by atoms with Crippen LogP contribution < -0.4 is 4.90 Å². The van der Waals surface area contributed by atoms with Crippen molar-refractivity contribution in [2.45, 2.75) is 31.0 Å². The van der Waals surface area contributed by atoms with Gasteiger partial charge in [0.1, 0.15) is 11.0 Å². The molecule has 206 valence electrons. The summed E-state index contributed by atoms with van der Waals surface area (Å²) in [6, 6.07) is 8.12. The number of amides is 2. The van der Waals surface area contributed by atoms with E-state index >= 15 is 0 Å². The number of aliphatic hydroxyl groups is 1. The van der Waals surface area contributed by atoms with Crippen LogP contribution in [0.15, 0.2) is 36.4 Å². The van der Waals surface area contributed by atoms with Gasteiger partial charge in [-0.3, -0.25) is 9.59 Å². The van der Waals surface area contributed by atoms with E-state index in [0.717, 1.165) is 49.4 Å². The second-order valence-corrected chi connectivity index (χ2v) is 11.0. The molecule has 2 aliphatic heterocycles. The van der Waals surface area contributed by atoms with E-state index in [-0.39, 0.29) is 35.1 Å². The number of benzene rings is 1. The Labute approximate surface area is 229 Å². The zero-order valence-electron chi connectivity index (χ0n) is 21.0. The lowest BCUT2D eigenvalue weighted by Crippen LogP contribution is -2.61. The zero-order chi connectivity index (χ0) is 27.8. The summed E-state index contributed by atoms with van der Waals surface area (Å²) in [5, 5.41) is 10.7. The number of anilines is 1. The molecule has 38 heavy (non-hydrogen) atoms. The van der Waals surface area contributed by atoms with Gasteiger partial charge in [0.05, 0.1) is 5.56 Å². The summed E-state index contributed by atoms with van der Waals surface area (Å²) in [6.07, 6.45) is -2.69. The molecule has 2 aliphatic rings. The third-order valence-corrected chi connectivity index (χ3v) is 7.81. The number of alkyl halides is 3. The number of hydrogen-bond donors (Lipinski definition) is 1. The van der Waals surface area contributed by atoms with E-state index in [4.69, 9.17) is 23.2 Å². The number of hydrogen-bond acceptors (Lipinski definition) is 5. The van der Waals surface area contributed by atoms with Crippen LogP contribution in [-0.2, 0) is 10.4 Å². The van der Waals surface area contributed by atoms with Crippen molar-refractivity contribution in [2.24, 2.45) is 11.8 Å². The van der Waals surface area contributed by atoms with Gasteiger partial charge in [-0.1, -0.05) is 35.3 Å². The molecule has 0 bridgehead atoms. The topological polar surface area (TPSA) is 77.0 Å². The first-order valence-electron chi connectivity index (χ1n) is 12.3. The van der Waals surface area contributed by atoms with E-state index < -0.39 is 23.2 Å². The average Bonchev–Trinajstić information content (AvgIpc) is 2.84. The monoisotopic (exact) mass is 572 g/mol. The molecule has 0 spiro atoms. The van der Waals surface area contributed by atoms with Gasteiger partial charge in [-0.15, -0.1) is 0 Å². The van der Waals surface area contributed by atoms with Crippen LogP contribution in [-0.4, -0.2) is 78.2 Å². The smallest absolute Gasteiger partial charge is 0.368 e. The Balaban J connectivity index is 1.31. The van der Waals surface area contributed by atoms with Gasteiger partial charge < -0.3 is 19.8 Å². The number of rotatable bonds is 6. The predicted octanol–water partition coefficient (Wildman–Crippen LogP) is 4.61. The van der Waals surface area contributed by atoms with Crippen molar-refractivity contribution in [2.75, 3.05) is 45.2 Å². The SMILES string of the molecule is CN(C)C(=O)c1ccc(N2CCC(CC3CN(C(=O)[C@@](O)(c4cccc(Cl)c4)C(F)(F)F)C3)CC2)nc1Cl. The van der Waals surface area contributed by atoms with E-state index in [0.29, 0.717) is 17.3 Å². The lowest BCUT2D eigenvalue weighted by atomic mass is 9.82. The Hall–Kier alpha value is -2.56. The van der Waals surface area contributed by atoms with E-state index in [1.165, 1.54) is 17.0 Å². The van der Waals surface area contributed by atoms with Crippen molar-refractivity contribution in [3.8, 4) is 0 Å². The number of carbonyl (C=O) groups excluding carboxylic acids is 2. The molecular weight excluding hydrogens is 544 g/mol. The standard InChI is InChI=1S/C26H29Cl2F3N4O3/c1-33(2)23(36)20-6-7-21(32-22(20)28)34-10-8-16(9-11-34)12-17-14-35(15-17)24(37)25(38,26(29,30)31)18-4-3-5-19(27)13-18/h3-7,13,16-17,38H,8-12,14-15H2,1-2H3/t25-/m0/s1. The Kier molecular flexibility index (Phi) is 8.16. The van der Waals surface area contributed by atoms with Crippen LogP contribution in [0.25, 0.3) is 0 Å². The van der Waals surface area contributed by atoms with Crippen molar-refractivity contribution in [3.05, 3.63) is 57.7 Å². The highest BCUT2D eigenvalue weighted by Crippen LogP contribution is 2.43. The highest BCUT2D eigenvalue weighted by atomic mass is 35.5. The molecule has 1 aromatic heterocycles. The van der Waals surface area contributed by atoms with Gasteiger partial charge in [-0.25, -0.2) is 4.98 Å². The van der Waals surface area contributed by atoms with E-state index in [2.05, 4.69) is 9.88 Å². The fourth-order valence-corrected chi connectivity index (χ4v) is 5.53. The number of pyridine rings is 1. The normalized spacial score (nSPS) is 18.6. The number of nitrogens with zero attached hydrogens (tertiary/aromatic N) is 4. The predicted molar refractivity (Wildman–Crippen MR) is 138 cm³/mol. The van der Waals surface area contributed by atoms with E-state index in [1.54, 1.807) is 26.2 Å². The van der Waals surface area contributed by atoms with Crippen LogP contribution in [0.1, 0.15) is 35.2 Å². The third-order valence-electron chi connectivity index (χ3n) is 7.28. The minimum absolute atomic E-state index is 0.00118. The molecule has 0 aliphatic carbocycles. The minimum atomic E-state index is -5.19. The molecule has 12 heteroatoms. The lowest BCUT2D eigenvalue weighted by molar-refractivity contribution is -0.264. The number of halogens is 5. The Bertz CT molecular complexity index is 1200. The first-order chi connectivity index (χ1) is 17.8. The van der Waals surface area contributed by atoms with Crippen molar-refractivity contribution >= 4 is 40.8 Å². The summed E-state index contributed by atoms with van der Waals surface area (Å²) >= 11 is 12.1. The molecule has 1 N–H and O–H groups in total. The van der Waals surface area contributed by atoms with Crippen molar-refractivity contribution in [1.29, 1.82) is 0 Å². The van der Waals surface area contributed by atoms with Crippen LogP contribution >= 0.6 is 23.2 Å². The molecule has 1 aromatic carbocycles. The van der Waals surface area contributed by atoms with Gasteiger partial charge in [0.2, 0.25) is 0 Å². The number of likely N-dealkylation sites (tertiary alicyclic amines) is 1. The molecule has 2 fully saturated rings. The molecule has 0 unspecified atom stereocenters. The molecule has 1 atom stereocenters. The Morgan fingerprint density at radius 3 is 2.29 bits per heavy atom. The fraction of sp³-hybridized carbons (Fsp3) is 0.500. The first-order valence-corrected chi connectivity index (χ1v) is 13.0. The summed E-state index contributed by atoms with van der Waals surface area (Å²) in [5.41, 5.74) is -3.90. The summed E-state index contributed by atoms with van der Waals surface area (Å²) < 4.78 is 41.7. The molecular formula is C26H29Cl2F3N4O3. The van der Waals surface area contributed by atoms with E-state index in [1.807, 2.05) is 0 Å². The zero-order valence-corrected chi connectivity index (χ0v) is 22.5. The molecule has 2 aromatic rings. The molecule has 0 radical (unpaired) electrons. The van der Waals surface area contributed by atoms with Gasteiger partial charge in [-0.05, 0) is 55.4 Å². The van der Waals surface area contributed by atoms with Crippen LogP contribution in [0.4, 0.5) is 19.0 Å². The highest BCUT2D eigenvalue weighted by molar-refractivity contribution is 6.32. The summed E-state index contributed by atoms with van der Waals surface area (Å²) in [4.78, 5) is 34.0. The van der Waals surface area contributed by atoms with Crippen molar-refractivity contribution < 1.29 is 27.9 Å². The maximum Gasteiger partial charge on any atom is 0.430 e. The molecule has 7 nitrogen and oxygen atoms in total. The second kappa shape index (κ2) is 10.9. The molecule has 0 saturated carbocycles. The molecule has 3 heterocycles. The Morgan fingerprint density at radius 1 is 1.08 bits per heavy atom. The summed E-state index contributed by atoms with van der Waals surface area (Å²) in [5.74, 6) is -0.486. The summed E-state index contributed by atoms with van der Waals surface area (Å²) in [6.45, 7) is 1.78. The quantitative estimate of drug-likeness (QED) is 0.512. The van der Waals surface area contributed by atoms with Crippen molar-refractivity contribution in [1.82, 2.24) is 14.8 Å². The molecule has 2 saturated heterocycles. The number of piperidine rings is 1. The largest absolute Gasteiger partial charge is 0.430 e. The van der Waals surface area contributed by atoms with Crippen molar-refractivity contribution in [3.63, 3.8) is 0 Å². The number of aromatic nitrogens is 1. The Morgan fingerprint density at radius 2 is 1.74 bits per heavy atom. The van der Waals surface area contributed by atoms with Crippen LogP contribution in [0, 0.1) is 11.8 Å². The van der Waals surface area contributed by atoms with Gasteiger partial charge in [0.25, 0.3) is 17.4 Å². The summed E-state index contributed by atoms with van der Waals surface area (Å²) in [7, 11) is 3.29. The highest BCUT2D eigenvalue weighted by Gasteiger charge is 2.63. The van der Waals surface area contributed by atoms with Crippen LogP contribution in [0.3, 0.4) is 0 Å². The van der Waals surface area contributed by atoms with E-state index in [9.17, 15) is 27.9 Å². The minimum Gasteiger partial charge on any atom is -0.368 e. The van der Waals surface area contributed by atoms with Gasteiger partial charge in [-0.2, -0.15) is 13.2 Å². The van der Waals surface area contributed by atoms with Gasteiger partial charge in [0.15, 0.2) is 0 Å². The van der Waals surface area contributed by atoms with Gasteiger partial charge in [0, 0.05) is 50.9 Å².